The van der Waals surface area contributed by atoms with Gasteiger partial charge >= 0.3 is 0 Å². The maximum absolute atomic E-state index is 11.3. The van der Waals surface area contributed by atoms with Crippen LogP contribution in [0.3, 0.4) is 0 Å². The molecule has 0 radical (unpaired) electrons. The van der Waals surface area contributed by atoms with Crippen LogP contribution in [0.4, 0.5) is 5.69 Å². The Bertz CT molecular complexity index is 417. The monoisotopic (exact) mass is 224 g/mol. The summed E-state index contributed by atoms with van der Waals surface area (Å²) in [7, 11) is 1.42. The zero-order chi connectivity index (χ0) is 12.1. The number of aromatic nitrogens is 1. The molecule has 1 heterocycles. The Morgan fingerprint density at radius 1 is 1.56 bits per heavy atom. The maximum atomic E-state index is 11.3. The van der Waals surface area contributed by atoms with Crippen molar-refractivity contribution in [1.29, 1.82) is 0 Å². The van der Waals surface area contributed by atoms with Crippen LogP contribution >= 0.6 is 0 Å². The number of hydrogen-bond acceptors (Lipinski definition) is 5. The Kier molecular flexibility index (Phi) is 3.93. The third-order valence-electron chi connectivity index (χ3n) is 2.09. The van der Waals surface area contributed by atoms with E-state index in [-0.39, 0.29) is 29.5 Å². The Labute approximate surface area is 92.4 Å². The minimum absolute atomic E-state index is 0.0377. The van der Waals surface area contributed by atoms with Crippen LogP contribution in [0.2, 0.25) is 0 Å². The van der Waals surface area contributed by atoms with Gasteiger partial charge in [-0.2, -0.15) is 0 Å². The molecule has 6 heteroatoms. The highest BCUT2D eigenvalue weighted by Crippen LogP contribution is 2.20. The molecule has 0 fully saturated rings. The minimum atomic E-state index is -0.551. The number of Topliss-reactive ketones (excluding diaryl/α,β-unsaturated/α-hetero) is 1. The molecular weight excluding hydrogens is 212 g/mol. The van der Waals surface area contributed by atoms with E-state index in [1.165, 1.54) is 19.2 Å². The van der Waals surface area contributed by atoms with E-state index >= 15 is 0 Å². The van der Waals surface area contributed by atoms with Crippen LogP contribution in [0.15, 0.2) is 12.1 Å². The van der Waals surface area contributed by atoms with E-state index in [0.29, 0.717) is 6.42 Å². The molecule has 1 aromatic rings. The van der Waals surface area contributed by atoms with E-state index in [2.05, 4.69) is 4.98 Å². The van der Waals surface area contributed by atoms with E-state index in [1.54, 1.807) is 6.92 Å². The van der Waals surface area contributed by atoms with Gasteiger partial charge in [0.2, 0.25) is 5.88 Å². The third-order valence-corrected chi connectivity index (χ3v) is 2.09. The van der Waals surface area contributed by atoms with Crippen molar-refractivity contribution >= 4 is 11.5 Å². The summed E-state index contributed by atoms with van der Waals surface area (Å²) in [5, 5.41) is 10.7. The number of nitrogens with zero attached hydrogens (tertiary/aromatic N) is 2. The zero-order valence-electron chi connectivity index (χ0n) is 9.10. The number of methoxy groups -OCH3 is 1. The van der Waals surface area contributed by atoms with Crippen LogP contribution < -0.4 is 4.74 Å². The van der Waals surface area contributed by atoms with Crippen LogP contribution in [0.5, 0.6) is 5.88 Å². The first-order valence-electron chi connectivity index (χ1n) is 4.78. The summed E-state index contributed by atoms with van der Waals surface area (Å²) in [4.78, 5) is 25.3. The average molecular weight is 224 g/mol. The molecule has 0 atom stereocenters. The number of carbonyl (C=O) groups excluding carboxylic acids is 1. The smallest absolute Gasteiger partial charge is 0.291 e. The van der Waals surface area contributed by atoms with Crippen LogP contribution in [0.25, 0.3) is 0 Å². The van der Waals surface area contributed by atoms with Crippen LogP contribution in [0.1, 0.15) is 19.0 Å². The van der Waals surface area contributed by atoms with Crippen molar-refractivity contribution in [2.45, 2.75) is 19.8 Å². The Hall–Kier alpha value is -1.98. The molecule has 0 bridgehead atoms. The Morgan fingerprint density at radius 3 is 2.75 bits per heavy atom. The van der Waals surface area contributed by atoms with Crippen molar-refractivity contribution in [3.05, 3.63) is 27.9 Å². The van der Waals surface area contributed by atoms with E-state index in [9.17, 15) is 14.9 Å². The minimum Gasteiger partial charge on any atom is -0.481 e. The lowest BCUT2D eigenvalue weighted by molar-refractivity contribution is -0.385. The van der Waals surface area contributed by atoms with Gasteiger partial charge in [-0.3, -0.25) is 14.9 Å². The molecule has 16 heavy (non-hydrogen) atoms. The van der Waals surface area contributed by atoms with Crippen molar-refractivity contribution in [3.63, 3.8) is 0 Å². The molecule has 0 saturated heterocycles. The normalized spacial score (nSPS) is 9.88. The summed E-state index contributed by atoms with van der Waals surface area (Å²) in [6.45, 7) is 1.70. The van der Waals surface area contributed by atoms with Gasteiger partial charge in [0.25, 0.3) is 5.69 Å². The first-order chi connectivity index (χ1) is 7.58. The predicted molar refractivity (Wildman–Crippen MR) is 56.4 cm³/mol. The predicted octanol–water partition coefficient (Wildman–Crippen LogP) is 1.52. The standard InChI is InChI=1S/C10H12N2O4/c1-3-7(13)6-8-9(12(14)15)4-5-10(11-8)16-2/h4-5H,3,6H2,1-2H3. The van der Waals surface area contributed by atoms with Gasteiger partial charge in [0.15, 0.2) is 0 Å². The molecule has 1 aromatic heterocycles. The number of rotatable bonds is 5. The molecule has 0 N–H and O–H groups in total. The molecule has 0 aliphatic heterocycles. The highest BCUT2D eigenvalue weighted by Gasteiger charge is 2.18. The van der Waals surface area contributed by atoms with Gasteiger partial charge in [-0.1, -0.05) is 6.92 Å². The summed E-state index contributed by atoms with van der Waals surface area (Å²) >= 11 is 0. The number of carbonyl (C=O) groups is 1. The fourth-order valence-corrected chi connectivity index (χ4v) is 1.20. The highest BCUT2D eigenvalue weighted by atomic mass is 16.6. The Balaban J connectivity index is 3.10. The van der Waals surface area contributed by atoms with Crippen molar-refractivity contribution in [2.24, 2.45) is 0 Å². The lowest BCUT2D eigenvalue weighted by Gasteiger charge is -2.03. The van der Waals surface area contributed by atoms with E-state index in [4.69, 9.17) is 4.74 Å². The molecule has 0 saturated carbocycles. The molecule has 0 aliphatic carbocycles. The second-order valence-electron chi connectivity index (χ2n) is 3.15. The lowest BCUT2D eigenvalue weighted by Crippen LogP contribution is -2.06. The summed E-state index contributed by atoms with van der Waals surface area (Å²) in [6, 6.07) is 2.70. The van der Waals surface area contributed by atoms with Gasteiger partial charge in [0.05, 0.1) is 18.5 Å². The fraction of sp³-hybridized carbons (Fsp3) is 0.400. The van der Waals surface area contributed by atoms with Crippen molar-refractivity contribution in [1.82, 2.24) is 4.98 Å². The Morgan fingerprint density at radius 2 is 2.25 bits per heavy atom. The second kappa shape index (κ2) is 5.20. The molecule has 1 rings (SSSR count). The lowest BCUT2D eigenvalue weighted by atomic mass is 10.1. The quantitative estimate of drug-likeness (QED) is 0.559. The first kappa shape index (κ1) is 12.1. The van der Waals surface area contributed by atoms with Gasteiger partial charge < -0.3 is 4.74 Å². The van der Waals surface area contributed by atoms with Crippen LogP contribution in [-0.2, 0) is 11.2 Å². The molecule has 0 unspecified atom stereocenters. The third kappa shape index (κ3) is 2.75. The highest BCUT2D eigenvalue weighted by molar-refractivity contribution is 5.81. The molecule has 6 nitrogen and oxygen atoms in total. The zero-order valence-corrected chi connectivity index (χ0v) is 9.10. The molecule has 86 valence electrons. The number of hydrogen-bond donors (Lipinski definition) is 0. The van der Waals surface area contributed by atoms with Crippen LogP contribution in [0, 0.1) is 10.1 Å². The van der Waals surface area contributed by atoms with Crippen LogP contribution in [-0.4, -0.2) is 22.8 Å². The number of ketones is 1. The summed E-state index contributed by atoms with van der Waals surface area (Å²) in [5.74, 6) is 0.174. The van der Waals surface area contributed by atoms with Crippen molar-refractivity contribution in [2.75, 3.05) is 7.11 Å². The van der Waals surface area contributed by atoms with Crippen molar-refractivity contribution in [3.8, 4) is 5.88 Å². The largest absolute Gasteiger partial charge is 0.481 e. The van der Waals surface area contributed by atoms with E-state index in [0.717, 1.165) is 0 Å². The molecular formula is C10H12N2O4. The van der Waals surface area contributed by atoms with E-state index < -0.39 is 4.92 Å². The maximum Gasteiger partial charge on any atom is 0.291 e. The molecule has 0 aromatic carbocycles. The van der Waals surface area contributed by atoms with Gasteiger partial charge in [-0.15, -0.1) is 0 Å². The first-order valence-corrected chi connectivity index (χ1v) is 4.78. The summed E-state index contributed by atoms with van der Waals surface area (Å²) in [5.41, 5.74) is -0.00111. The molecule has 0 aliphatic rings. The number of pyridine rings is 1. The summed E-state index contributed by atoms with van der Waals surface area (Å²) < 4.78 is 4.86. The molecule has 0 amide bonds. The second-order valence-corrected chi connectivity index (χ2v) is 3.15. The van der Waals surface area contributed by atoms with Gasteiger partial charge in [-0.05, 0) is 0 Å². The van der Waals surface area contributed by atoms with Gasteiger partial charge in [-0.25, -0.2) is 4.98 Å². The van der Waals surface area contributed by atoms with Crippen molar-refractivity contribution < 1.29 is 14.5 Å². The molecule has 0 spiro atoms. The average Bonchev–Trinajstić information content (AvgIpc) is 2.28. The SMILES string of the molecule is CCC(=O)Cc1nc(OC)ccc1[N+](=O)[O-]. The topological polar surface area (TPSA) is 82.3 Å². The van der Waals surface area contributed by atoms with E-state index in [1.807, 2.05) is 0 Å². The number of ether oxygens (including phenoxy) is 1. The van der Waals surface area contributed by atoms with Gasteiger partial charge in [0, 0.05) is 18.6 Å². The van der Waals surface area contributed by atoms with Gasteiger partial charge in [0.1, 0.15) is 11.5 Å². The fourth-order valence-electron chi connectivity index (χ4n) is 1.20. The summed E-state index contributed by atoms with van der Waals surface area (Å²) in [6.07, 6.45) is 0.292. The number of nitro groups is 1.